The molecule has 0 amide bonds. The van der Waals surface area contributed by atoms with Crippen LogP contribution in [-0.2, 0) is 6.42 Å². The van der Waals surface area contributed by atoms with E-state index < -0.39 is 0 Å². The Morgan fingerprint density at radius 1 is 1.35 bits per heavy atom. The molecule has 1 N–H and O–H groups in total. The zero-order valence-corrected chi connectivity index (χ0v) is 10.4. The normalized spacial score (nSPS) is 12.6. The predicted octanol–water partition coefficient (Wildman–Crippen LogP) is 2.25. The van der Waals surface area contributed by atoms with E-state index in [2.05, 4.69) is 34.5 Å². The topological polar surface area (TPSA) is 51.0 Å². The van der Waals surface area contributed by atoms with Crippen LogP contribution in [0.25, 0.3) is 0 Å². The van der Waals surface area contributed by atoms with Crippen molar-refractivity contribution in [3.05, 3.63) is 47.1 Å². The summed E-state index contributed by atoms with van der Waals surface area (Å²) >= 11 is 0. The number of aromatic nitrogens is 2. The van der Waals surface area contributed by atoms with Gasteiger partial charge in [-0.1, -0.05) is 29.4 Å². The van der Waals surface area contributed by atoms with Gasteiger partial charge in [0.15, 0.2) is 5.82 Å². The minimum Gasteiger partial charge on any atom is -0.339 e. The first-order valence-electron chi connectivity index (χ1n) is 5.75. The third-order valence-corrected chi connectivity index (χ3v) is 2.91. The van der Waals surface area contributed by atoms with E-state index in [9.17, 15) is 0 Å². The van der Waals surface area contributed by atoms with E-state index in [4.69, 9.17) is 4.52 Å². The summed E-state index contributed by atoms with van der Waals surface area (Å²) in [7, 11) is 1.88. The van der Waals surface area contributed by atoms with Crippen molar-refractivity contribution in [2.45, 2.75) is 26.3 Å². The zero-order valence-electron chi connectivity index (χ0n) is 10.4. The highest BCUT2D eigenvalue weighted by molar-refractivity contribution is 5.27. The highest BCUT2D eigenvalue weighted by Gasteiger charge is 2.12. The summed E-state index contributed by atoms with van der Waals surface area (Å²) in [5, 5.41) is 7.05. The van der Waals surface area contributed by atoms with Crippen LogP contribution < -0.4 is 5.32 Å². The molecule has 17 heavy (non-hydrogen) atoms. The molecule has 0 spiro atoms. The van der Waals surface area contributed by atoms with Crippen LogP contribution in [-0.4, -0.2) is 17.2 Å². The maximum absolute atomic E-state index is 5.25. The zero-order chi connectivity index (χ0) is 12.3. The number of hydrogen-bond acceptors (Lipinski definition) is 4. The maximum Gasteiger partial charge on any atom is 0.231 e. The largest absolute Gasteiger partial charge is 0.339 e. The Morgan fingerprint density at radius 2 is 2.12 bits per heavy atom. The lowest BCUT2D eigenvalue weighted by Gasteiger charge is -2.02. The lowest BCUT2D eigenvalue weighted by molar-refractivity contribution is 0.374. The molecule has 0 aliphatic carbocycles. The Labute approximate surface area is 101 Å². The number of rotatable bonds is 4. The summed E-state index contributed by atoms with van der Waals surface area (Å²) in [5.74, 6) is 1.37. The van der Waals surface area contributed by atoms with Crippen molar-refractivity contribution < 1.29 is 4.52 Å². The van der Waals surface area contributed by atoms with Crippen molar-refractivity contribution in [3.8, 4) is 0 Å². The van der Waals surface area contributed by atoms with E-state index >= 15 is 0 Å². The third-order valence-electron chi connectivity index (χ3n) is 2.91. The molecular formula is C13H17N3O. The first-order valence-corrected chi connectivity index (χ1v) is 5.75. The van der Waals surface area contributed by atoms with Crippen LogP contribution in [0.15, 0.2) is 28.8 Å². The molecule has 1 atom stereocenters. The Hall–Kier alpha value is -1.68. The number of aryl methyl sites for hydroxylation is 1. The van der Waals surface area contributed by atoms with Gasteiger partial charge < -0.3 is 9.84 Å². The molecule has 0 aliphatic heterocycles. The van der Waals surface area contributed by atoms with Gasteiger partial charge in [0.05, 0.1) is 12.5 Å². The summed E-state index contributed by atoms with van der Waals surface area (Å²) in [5.41, 5.74) is 2.47. The first-order chi connectivity index (χ1) is 8.20. The van der Waals surface area contributed by atoms with Gasteiger partial charge in [-0.15, -0.1) is 0 Å². The van der Waals surface area contributed by atoms with Gasteiger partial charge in [-0.25, -0.2) is 0 Å². The molecule has 90 valence electrons. The van der Waals surface area contributed by atoms with Crippen LogP contribution in [0.4, 0.5) is 0 Å². The van der Waals surface area contributed by atoms with Crippen LogP contribution in [0.1, 0.15) is 35.8 Å². The summed E-state index contributed by atoms with van der Waals surface area (Å²) in [4.78, 5) is 4.38. The van der Waals surface area contributed by atoms with Crippen molar-refractivity contribution in [3.63, 3.8) is 0 Å². The minimum atomic E-state index is 0.115. The second-order valence-electron chi connectivity index (χ2n) is 4.16. The third kappa shape index (κ3) is 2.71. The molecule has 4 heteroatoms. The first kappa shape index (κ1) is 11.8. The Morgan fingerprint density at radius 3 is 2.82 bits per heavy atom. The number of nitrogens with one attached hydrogen (secondary N) is 1. The van der Waals surface area contributed by atoms with Gasteiger partial charge in [-0.3, -0.25) is 0 Å². The summed E-state index contributed by atoms with van der Waals surface area (Å²) < 4.78 is 5.25. The summed E-state index contributed by atoms with van der Waals surface area (Å²) in [6, 6.07) is 8.34. The second kappa shape index (κ2) is 5.10. The molecule has 0 radical (unpaired) electrons. The van der Waals surface area contributed by atoms with Crippen LogP contribution in [0, 0.1) is 6.92 Å². The monoisotopic (exact) mass is 231 g/mol. The minimum absolute atomic E-state index is 0.115. The molecule has 2 rings (SSSR count). The molecule has 1 aromatic heterocycles. The van der Waals surface area contributed by atoms with Gasteiger partial charge in [0, 0.05) is 0 Å². The fourth-order valence-corrected chi connectivity index (χ4v) is 1.62. The molecular weight excluding hydrogens is 214 g/mol. The van der Waals surface area contributed by atoms with E-state index in [1.165, 1.54) is 11.1 Å². The molecule has 1 unspecified atom stereocenters. The molecule has 1 aromatic carbocycles. The molecule has 0 fully saturated rings. The van der Waals surface area contributed by atoms with Crippen molar-refractivity contribution >= 4 is 0 Å². The average molecular weight is 231 g/mol. The van der Waals surface area contributed by atoms with Gasteiger partial charge in [-0.05, 0) is 32.0 Å². The van der Waals surface area contributed by atoms with Crippen molar-refractivity contribution in [1.82, 2.24) is 15.5 Å². The van der Waals surface area contributed by atoms with Gasteiger partial charge >= 0.3 is 0 Å². The maximum atomic E-state index is 5.25. The highest BCUT2D eigenvalue weighted by atomic mass is 16.5. The molecule has 1 heterocycles. The number of benzene rings is 1. The second-order valence-corrected chi connectivity index (χ2v) is 4.16. The average Bonchev–Trinajstić information content (AvgIpc) is 2.80. The predicted molar refractivity (Wildman–Crippen MR) is 65.8 cm³/mol. The summed E-state index contributed by atoms with van der Waals surface area (Å²) in [6.45, 7) is 4.09. The molecule has 2 aromatic rings. The Balaban J connectivity index is 2.14. The summed E-state index contributed by atoms with van der Waals surface area (Å²) in [6.07, 6.45) is 0.691. The van der Waals surface area contributed by atoms with Crippen LogP contribution >= 0.6 is 0 Å². The van der Waals surface area contributed by atoms with Gasteiger partial charge in [0.25, 0.3) is 0 Å². The van der Waals surface area contributed by atoms with E-state index in [1.54, 1.807) is 0 Å². The fraction of sp³-hybridized carbons (Fsp3) is 0.385. The molecule has 0 aliphatic rings. The molecule has 0 saturated heterocycles. The van der Waals surface area contributed by atoms with Crippen molar-refractivity contribution in [1.29, 1.82) is 0 Å². The van der Waals surface area contributed by atoms with Gasteiger partial charge in [-0.2, -0.15) is 4.98 Å². The number of hydrogen-bond donors (Lipinski definition) is 1. The molecule has 0 bridgehead atoms. The lowest BCUT2D eigenvalue weighted by atomic mass is 10.1. The standard InChI is InChI=1S/C13H17N3O/c1-9-6-4-5-7-11(9)8-12-15-13(16-17-12)10(2)14-3/h4-7,10,14H,8H2,1-3H3. The molecule has 0 saturated carbocycles. The van der Waals surface area contributed by atoms with E-state index in [0.29, 0.717) is 18.1 Å². The van der Waals surface area contributed by atoms with Crippen LogP contribution in [0.2, 0.25) is 0 Å². The van der Waals surface area contributed by atoms with E-state index in [0.717, 1.165) is 0 Å². The fourth-order valence-electron chi connectivity index (χ4n) is 1.62. The lowest BCUT2D eigenvalue weighted by Crippen LogP contribution is -2.13. The van der Waals surface area contributed by atoms with E-state index in [1.807, 2.05) is 26.1 Å². The van der Waals surface area contributed by atoms with Gasteiger partial charge in [0.1, 0.15) is 0 Å². The van der Waals surface area contributed by atoms with Crippen molar-refractivity contribution in [2.75, 3.05) is 7.05 Å². The van der Waals surface area contributed by atoms with E-state index in [-0.39, 0.29) is 6.04 Å². The Bertz CT molecular complexity index is 493. The Kier molecular flexibility index (Phi) is 3.54. The van der Waals surface area contributed by atoms with Crippen LogP contribution in [0.3, 0.4) is 0 Å². The number of nitrogens with zero attached hydrogens (tertiary/aromatic N) is 2. The smallest absolute Gasteiger partial charge is 0.231 e. The molecule has 4 nitrogen and oxygen atoms in total. The highest BCUT2D eigenvalue weighted by Crippen LogP contribution is 2.14. The van der Waals surface area contributed by atoms with Crippen LogP contribution in [0.5, 0.6) is 0 Å². The SMILES string of the molecule is CNC(C)c1noc(Cc2ccccc2C)n1. The van der Waals surface area contributed by atoms with Crippen molar-refractivity contribution in [2.24, 2.45) is 0 Å². The quantitative estimate of drug-likeness (QED) is 0.876. The van der Waals surface area contributed by atoms with Gasteiger partial charge in [0.2, 0.25) is 5.89 Å².